The monoisotopic (exact) mass is 446 g/mol. The normalized spacial score (nSPS) is 15.2. The van der Waals surface area contributed by atoms with E-state index in [1.54, 1.807) is 24.1 Å². The van der Waals surface area contributed by atoms with Crippen molar-refractivity contribution >= 4 is 12.1 Å². The number of carbonyl (C=O) groups is 1. The number of nitrogens with one attached hydrogen (secondary N) is 2. The highest BCUT2D eigenvalue weighted by Crippen LogP contribution is 2.29. The fourth-order valence-electron chi connectivity index (χ4n) is 2.72. The molecule has 0 bridgehead atoms. The van der Waals surface area contributed by atoms with E-state index >= 15 is 0 Å². The van der Waals surface area contributed by atoms with Crippen LogP contribution in [0.15, 0.2) is 23.2 Å². The molecule has 1 aliphatic rings. The average molecular weight is 446 g/mol. The third-order valence-electron chi connectivity index (χ3n) is 4.18. The highest BCUT2D eigenvalue weighted by atomic mass is 19.4. The predicted octanol–water partition coefficient (Wildman–Crippen LogP) is 2.92. The molecule has 0 aliphatic carbocycles. The van der Waals surface area contributed by atoms with E-state index < -0.39 is 18.4 Å². The number of hydrogen-bond acceptors (Lipinski definition) is 5. The van der Waals surface area contributed by atoms with E-state index in [0.717, 1.165) is 5.56 Å². The molecule has 8 nitrogen and oxygen atoms in total. The van der Waals surface area contributed by atoms with E-state index in [9.17, 15) is 18.0 Å². The second-order valence-electron chi connectivity index (χ2n) is 8.04. The van der Waals surface area contributed by atoms with Gasteiger partial charge in [-0.3, -0.25) is 4.99 Å². The van der Waals surface area contributed by atoms with Gasteiger partial charge in [-0.2, -0.15) is 13.2 Å². The molecule has 1 aromatic carbocycles. The lowest BCUT2D eigenvalue weighted by molar-refractivity contribution is -0.153. The third-order valence-corrected chi connectivity index (χ3v) is 4.18. The van der Waals surface area contributed by atoms with Crippen LogP contribution in [0.5, 0.6) is 11.5 Å². The predicted molar refractivity (Wildman–Crippen MR) is 109 cm³/mol. The van der Waals surface area contributed by atoms with Crippen molar-refractivity contribution in [2.75, 3.05) is 33.9 Å². The number of halogens is 3. The summed E-state index contributed by atoms with van der Waals surface area (Å²) in [5.41, 5.74) is 0.227. The van der Waals surface area contributed by atoms with E-state index in [2.05, 4.69) is 15.6 Å². The summed E-state index contributed by atoms with van der Waals surface area (Å²) >= 11 is 0. The van der Waals surface area contributed by atoms with Crippen LogP contribution in [0.1, 0.15) is 26.3 Å². The number of rotatable bonds is 6. The number of alkyl halides is 3. The van der Waals surface area contributed by atoms with E-state index in [4.69, 9.17) is 14.2 Å². The molecule has 0 radical (unpaired) electrons. The zero-order valence-electron chi connectivity index (χ0n) is 18.3. The fourth-order valence-corrected chi connectivity index (χ4v) is 2.72. The van der Waals surface area contributed by atoms with Gasteiger partial charge in [0.15, 0.2) is 24.1 Å². The third kappa shape index (κ3) is 8.06. The molecule has 11 heteroatoms. The lowest BCUT2D eigenvalue weighted by Gasteiger charge is -2.40. The number of benzene rings is 1. The smallest absolute Gasteiger partial charge is 0.422 e. The molecule has 1 amide bonds. The van der Waals surface area contributed by atoms with Crippen molar-refractivity contribution in [3.8, 4) is 11.5 Å². The maximum Gasteiger partial charge on any atom is 0.422 e. The Bertz CT molecular complexity index is 788. The van der Waals surface area contributed by atoms with Crippen molar-refractivity contribution in [2.24, 2.45) is 4.99 Å². The van der Waals surface area contributed by atoms with E-state index in [1.165, 1.54) is 13.2 Å². The first kappa shape index (κ1) is 24.4. The number of aliphatic imine (C=N–C) groups is 1. The number of ether oxygens (including phenoxy) is 3. The van der Waals surface area contributed by atoms with Crippen LogP contribution in [0.2, 0.25) is 0 Å². The van der Waals surface area contributed by atoms with Crippen molar-refractivity contribution in [1.29, 1.82) is 0 Å². The molecule has 1 fully saturated rings. The number of nitrogens with zero attached hydrogens (tertiary/aromatic N) is 2. The summed E-state index contributed by atoms with van der Waals surface area (Å²) in [5.74, 6) is 0.756. The minimum Gasteiger partial charge on any atom is -0.493 e. The molecule has 174 valence electrons. The summed E-state index contributed by atoms with van der Waals surface area (Å²) in [6.45, 7) is 5.41. The molecule has 0 saturated carbocycles. The standard InChI is InChI=1S/C20H29F3N4O4/c1-19(2,3)31-18(28)27-10-14(11-27)26-17(24-4)25-9-13-6-7-15(16(8-13)29-5)30-12-20(21,22)23/h6-8,14H,9-12H2,1-5H3,(H2,24,25,26). The van der Waals surface area contributed by atoms with Gasteiger partial charge in [0, 0.05) is 26.7 Å². The van der Waals surface area contributed by atoms with Gasteiger partial charge < -0.3 is 29.7 Å². The molecule has 0 unspecified atom stereocenters. The van der Waals surface area contributed by atoms with Crippen molar-refractivity contribution in [3.63, 3.8) is 0 Å². The van der Waals surface area contributed by atoms with Crippen LogP contribution in [0.4, 0.5) is 18.0 Å². The first-order chi connectivity index (χ1) is 14.4. The molecule has 1 heterocycles. The van der Waals surface area contributed by atoms with Crippen molar-refractivity contribution in [1.82, 2.24) is 15.5 Å². The average Bonchev–Trinajstić information content (AvgIpc) is 2.62. The molecule has 31 heavy (non-hydrogen) atoms. The van der Waals surface area contributed by atoms with Gasteiger partial charge in [0.05, 0.1) is 13.2 Å². The molecular weight excluding hydrogens is 417 g/mol. The summed E-state index contributed by atoms with van der Waals surface area (Å²) in [7, 11) is 2.98. The van der Waals surface area contributed by atoms with Gasteiger partial charge in [0.1, 0.15) is 5.60 Å². The largest absolute Gasteiger partial charge is 0.493 e. The maximum atomic E-state index is 12.4. The summed E-state index contributed by atoms with van der Waals surface area (Å²) in [6, 6.07) is 4.70. The molecule has 2 N–H and O–H groups in total. The number of methoxy groups -OCH3 is 1. The molecule has 0 aromatic heterocycles. The van der Waals surface area contributed by atoms with Crippen LogP contribution in [0.25, 0.3) is 0 Å². The molecule has 1 aromatic rings. The quantitative estimate of drug-likeness (QED) is 0.517. The lowest BCUT2D eigenvalue weighted by atomic mass is 10.1. The van der Waals surface area contributed by atoms with E-state index in [-0.39, 0.29) is 23.6 Å². The summed E-state index contributed by atoms with van der Waals surface area (Å²) in [4.78, 5) is 17.7. The Morgan fingerprint density at radius 1 is 1.23 bits per heavy atom. The number of carbonyl (C=O) groups excluding carboxylic acids is 1. The highest BCUT2D eigenvalue weighted by Gasteiger charge is 2.34. The summed E-state index contributed by atoms with van der Waals surface area (Å²) in [6.07, 6.45) is -4.78. The number of hydrogen-bond donors (Lipinski definition) is 2. The zero-order valence-corrected chi connectivity index (χ0v) is 18.3. The summed E-state index contributed by atoms with van der Waals surface area (Å²) in [5, 5.41) is 6.33. The van der Waals surface area contributed by atoms with Crippen molar-refractivity contribution in [3.05, 3.63) is 23.8 Å². The van der Waals surface area contributed by atoms with E-state index in [1.807, 2.05) is 20.8 Å². The van der Waals surface area contributed by atoms with Gasteiger partial charge in [0.25, 0.3) is 0 Å². The minimum absolute atomic E-state index is 0.0165. The van der Waals surface area contributed by atoms with E-state index in [0.29, 0.717) is 25.6 Å². The Labute approximate surface area is 179 Å². The van der Waals surface area contributed by atoms with Gasteiger partial charge in [0.2, 0.25) is 0 Å². The number of amides is 1. The topological polar surface area (TPSA) is 84.4 Å². The highest BCUT2D eigenvalue weighted by molar-refractivity contribution is 5.80. The molecule has 1 saturated heterocycles. The van der Waals surface area contributed by atoms with Crippen LogP contribution < -0.4 is 20.1 Å². The van der Waals surface area contributed by atoms with Crippen LogP contribution >= 0.6 is 0 Å². The molecule has 2 rings (SSSR count). The molecule has 1 aliphatic heterocycles. The van der Waals surface area contributed by atoms with Crippen LogP contribution in [-0.2, 0) is 11.3 Å². The first-order valence-corrected chi connectivity index (χ1v) is 9.72. The Balaban J connectivity index is 1.83. The van der Waals surface area contributed by atoms with Gasteiger partial charge in [-0.15, -0.1) is 0 Å². The van der Waals surface area contributed by atoms with Crippen LogP contribution in [0.3, 0.4) is 0 Å². The lowest BCUT2D eigenvalue weighted by Crippen LogP contribution is -2.63. The molecular formula is C20H29F3N4O4. The van der Waals surface area contributed by atoms with Crippen molar-refractivity contribution in [2.45, 2.75) is 45.1 Å². The minimum atomic E-state index is -4.43. The second kappa shape index (κ2) is 9.97. The SMILES string of the molecule is CN=C(NCc1ccc(OCC(F)(F)F)c(OC)c1)NC1CN(C(=O)OC(C)(C)C)C1. The van der Waals surface area contributed by atoms with Gasteiger partial charge >= 0.3 is 12.3 Å². The number of guanidine groups is 1. The maximum absolute atomic E-state index is 12.4. The molecule has 0 spiro atoms. The fraction of sp³-hybridized carbons (Fsp3) is 0.600. The van der Waals surface area contributed by atoms with Crippen molar-refractivity contribution < 1.29 is 32.2 Å². The zero-order chi connectivity index (χ0) is 23.2. The Hall–Kier alpha value is -2.85. The number of likely N-dealkylation sites (tertiary alicyclic amines) is 1. The van der Waals surface area contributed by atoms with Gasteiger partial charge in [-0.05, 0) is 38.5 Å². The van der Waals surface area contributed by atoms with Gasteiger partial charge in [-0.1, -0.05) is 6.07 Å². The Morgan fingerprint density at radius 2 is 1.90 bits per heavy atom. The van der Waals surface area contributed by atoms with Crippen LogP contribution in [0, 0.1) is 0 Å². The van der Waals surface area contributed by atoms with Crippen LogP contribution in [-0.4, -0.2) is 68.6 Å². The van der Waals surface area contributed by atoms with Gasteiger partial charge in [-0.25, -0.2) is 4.79 Å². The second-order valence-corrected chi connectivity index (χ2v) is 8.04. The molecule has 0 atom stereocenters. The Kier molecular flexibility index (Phi) is 7.85. The summed E-state index contributed by atoms with van der Waals surface area (Å²) < 4.78 is 52.3. The first-order valence-electron chi connectivity index (χ1n) is 9.72. The Morgan fingerprint density at radius 3 is 2.45 bits per heavy atom.